The lowest BCUT2D eigenvalue weighted by Crippen LogP contribution is -2.14. The van der Waals surface area contributed by atoms with Crippen LogP contribution < -0.4 is 0 Å². The maximum Gasteiger partial charge on any atom is 0.0663 e. The highest BCUT2D eigenvalue weighted by Gasteiger charge is 2.35. The second-order valence-electron chi connectivity index (χ2n) is 10.4. The maximum absolute atomic E-state index is 4.52. The van der Waals surface area contributed by atoms with Gasteiger partial charge in [0.05, 0.1) is 16.7 Å². The number of aromatic nitrogens is 1. The molecule has 0 radical (unpaired) electrons. The van der Waals surface area contributed by atoms with E-state index in [1.54, 1.807) is 0 Å². The molecule has 6 aromatic rings. The fraction of sp³-hybridized carbons (Fsp3) is 0.121. The van der Waals surface area contributed by atoms with Crippen LogP contribution in [0.1, 0.15) is 30.5 Å². The summed E-state index contributed by atoms with van der Waals surface area (Å²) in [7, 11) is 0. The van der Waals surface area contributed by atoms with E-state index in [-0.39, 0.29) is 5.41 Å². The molecule has 0 saturated carbocycles. The third-order valence-electron chi connectivity index (χ3n) is 8.22. The Morgan fingerprint density at radius 2 is 1.57 bits per heavy atom. The Hall–Kier alpha value is -4.17. The van der Waals surface area contributed by atoms with Crippen LogP contribution in [-0.4, -0.2) is 10.8 Å². The van der Waals surface area contributed by atoms with Crippen molar-refractivity contribution in [1.29, 1.82) is 0 Å². The molecule has 2 aliphatic rings. The number of fused-ring (bicyclic) bond motifs is 9. The van der Waals surface area contributed by atoms with Gasteiger partial charge in [-0.05, 0) is 81.1 Å². The molecule has 1 aliphatic heterocycles. The lowest BCUT2D eigenvalue weighted by molar-refractivity contribution is 0.661. The SMILES string of the molecule is CC1(C)c2ccccc2-c2cc3ccc4c(c3cc21)c1ccccc1n4-c1ccc2c(c1)CC=N2. The third kappa shape index (κ3) is 2.41. The van der Waals surface area contributed by atoms with E-state index in [0.29, 0.717) is 0 Å². The average molecular weight is 449 g/mol. The first-order chi connectivity index (χ1) is 17.1. The van der Waals surface area contributed by atoms with Crippen molar-refractivity contribution in [3.63, 3.8) is 0 Å². The zero-order valence-electron chi connectivity index (χ0n) is 19.8. The van der Waals surface area contributed by atoms with Gasteiger partial charge in [0.2, 0.25) is 0 Å². The van der Waals surface area contributed by atoms with Gasteiger partial charge in [0.1, 0.15) is 0 Å². The Kier molecular flexibility index (Phi) is 3.55. The molecule has 1 aromatic heterocycles. The molecule has 0 bridgehead atoms. The summed E-state index contributed by atoms with van der Waals surface area (Å²) in [5.41, 5.74) is 11.7. The maximum atomic E-state index is 4.52. The van der Waals surface area contributed by atoms with Gasteiger partial charge in [-0.3, -0.25) is 4.99 Å². The molecule has 5 aromatic carbocycles. The fourth-order valence-corrected chi connectivity index (χ4v) is 6.51. The largest absolute Gasteiger partial charge is 0.309 e. The van der Waals surface area contributed by atoms with Crippen LogP contribution in [0.3, 0.4) is 0 Å². The predicted octanol–water partition coefficient (Wildman–Crippen LogP) is 8.50. The first kappa shape index (κ1) is 19.2. The van der Waals surface area contributed by atoms with E-state index in [1.807, 2.05) is 6.21 Å². The molecule has 0 spiro atoms. The standard InChI is InChI=1S/C33H24N2/c1-33(2)27-9-5-3-7-23(27)26-18-20-11-14-31-32(25(20)19-28(26)33)24-8-4-6-10-30(24)35(31)22-12-13-29-21(17-22)15-16-34-29/h3-14,16-19H,15H2,1-2H3. The van der Waals surface area contributed by atoms with Crippen LogP contribution in [0.25, 0.3) is 49.4 Å². The summed E-state index contributed by atoms with van der Waals surface area (Å²) < 4.78 is 2.43. The summed E-state index contributed by atoms with van der Waals surface area (Å²) in [6.45, 7) is 4.72. The summed E-state index contributed by atoms with van der Waals surface area (Å²) >= 11 is 0. The van der Waals surface area contributed by atoms with E-state index in [1.165, 1.54) is 66.1 Å². The number of nitrogens with zero attached hydrogens (tertiary/aromatic N) is 2. The zero-order chi connectivity index (χ0) is 23.3. The summed E-state index contributed by atoms with van der Waals surface area (Å²) in [6.07, 6.45) is 2.92. The van der Waals surface area contributed by atoms with Gasteiger partial charge in [-0.1, -0.05) is 62.4 Å². The Balaban J connectivity index is 1.48. The number of hydrogen-bond acceptors (Lipinski definition) is 1. The van der Waals surface area contributed by atoms with Crippen molar-refractivity contribution in [3.8, 4) is 16.8 Å². The molecule has 166 valence electrons. The quantitative estimate of drug-likeness (QED) is 0.240. The molecule has 0 amide bonds. The van der Waals surface area contributed by atoms with Crippen molar-refractivity contribution in [2.45, 2.75) is 25.7 Å². The van der Waals surface area contributed by atoms with Gasteiger partial charge in [-0.2, -0.15) is 0 Å². The number of rotatable bonds is 1. The van der Waals surface area contributed by atoms with Gasteiger partial charge in [0.25, 0.3) is 0 Å². The van der Waals surface area contributed by atoms with Crippen LogP contribution in [0.5, 0.6) is 0 Å². The lowest BCUT2D eigenvalue weighted by atomic mass is 9.81. The number of benzene rings is 5. The average Bonchev–Trinajstić information content (AvgIpc) is 3.55. The van der Waals surface area contributed by atoms with Gasteiger partial charge >= 0.3 is 0 Å². The minimum atomic E-state index is -0.0133. The molecule has 1 aliphatic carbocycles. The zero-order valence-corrected chi connectivity index (χ0v) is 19.8. The van der Waals surface area contributed by atoms with E-state index < -0.39 is 0 Å². The lowest BCUT2D eigenvalue weighted by Gasteiger charge is -2.21. The van der Waals surface area contributed by atoms with Gasteiger partial charge < -0.3 is 4.57 Å². The molecule has 8 rings (SSSR count). The molecular weight excluding hydrogens is 424 g/mol. The molecule has 0 N–H and O–H groups in total. The highest BCUT2D eigenvalue weighted by atomic mass is 15.0. The van der Waals surface area contributed by atoms with Crippen LogP contribution in [0.15, 0.2) is 96.0 Å². The van der Waals surface area contributed by atoms with E-state index in [2.05, 4.69) is 114 Å². The summed E-state index contributed by atoms with van der Waals surface area (Å²) in [5.74, 6) is 0. The molecule has 0 saturated heterocycles. The van der Waals surface area contributed by atoms with E-state index >= 15 is 0 Å². The van der Waals surface area contributed by atoms with Crippen LogP contribution in [0.2, 0.25) is 0 Å². The van der Waals surface area contributed by atoms with Crippen LogP contribution in [0.4, 0.5) is 5.69 Å². The van der Waals surface area contributed by atoms with Crippen LogP contribution >= 0.6 is 0 Å². The van der Waals surface area contributed by atoms with Crippen molar-refractivity contribution in [2.75, 3.05) is 0 Å². The second-order valence-corrected chi connectivity index (χ2v) is 10.4. The first-order valence-electron chi connectivity index (χ1n) is 12.4. The van der Waals surface area contributed by atoms with E-state index in [0.717, 1.165) is 12.1 Å². The van der Waals surface area contributed by atoms with Crippen molar-refractivity contribution >= 4 is 44.5 Å². The highest BCUT2D eigenvalue weighted by Crippen LogP contribution is 2.50. The molecule has 2 nitrogen and oxygen atoms in total. The van der Waals surface area contributed by atoms with Crippen LogP contribution in [0, 0.1) is 0 Å². The molecular formula is C33H24N2. The monoisotopic (exact) mass is 448 g/mol. The fourth-order valence-electron chi connectivity index (χ4n) is 6.51. The number of aliphatic imine (C=N–C) groups is 1. The highest BCUT2D eigenvalue weighted by molar-refractivity contribution is 6.22. The summed E-state index contributed by atoms with van der Waals surface area (Å²) in [6, 6.07) is 33.9. The van der Waals surface area contributed by atoms with Gasteiger partial charge in [-0.15, -0.1) is 0 Å². The molecule has 0 fully saturated rings. The minimum absolute atomic E-state index is 0.0133. The third-order valence-corrected chi connectivity index (χ3v) is 8.22. The van der Waals surface area contributed by atoms with Gasteiger partial charge in [0, 0.05) is 34.5 Å². The first-order valence-corrected chi connectivity index (χ1v) is 12.4. The smallest absolute Gasteiger partial charge is 0.0663 e. The Bertz CT molecular complexity index is 1900. The predicted molar refractivity (Wildman–Crippen MR) is 148 cm³/mol. The molecule has 35 heavy (non-hydrogen) atoms. The van der Waals surface area contributed by atoms with Crippen molar-refractivity contribution in [2.24, 2.45) is 4.99 Å². The Morgan fingerprint density at radius 1 is 0.714 bits per heavy atom. The number of para-hydroxylation sites is 1. The van der Waals surface area contributed by atoms with Crippen LogP contribution in [-0.2, 0) is 11.8 Å². The van der Waals surface area contributed by atoms with Crippen molar-refractivity contribution < 1.29 is 0 Å². The van der Waals surface area contributed by atoms with E-state index in [9.17, 15) is 0 Å². The van der Waals surface area contributed by atoms with Crippen molar-refractivity contribution in [3.05, 3.63) is 108 Å². The molecule has 2 heterocycles. The second kappa shape index (κ2) is 6.49. The number of hydrogen-bond donors (Lipinski definition) is 0. The molecule has 2 heteroatoms. The Labute approximate surface area is 204 Å². The molecule has 0 atom stereocenters. The van der Waals surface area contributed by atoms with Crippen molar-refractivity contribution in [1.82, 2.24) is 4.57 Å². The normalized spacial score (nSPS) is 15.1. The molecule has 0 unspecified atom stereocenters. The Morgan fingerprint density at radius 3 is 2.51 bits per heavy atom. The van der Waals surface area contributed by atoms with E-state index in [4.69, 9.17) is 0 Å². The minimum Gasteiger partial charge on any atom is -0.309 e. The summed E-state index contributed by atoms with van der Waals surface area (Å²) in [4.78, 5) is 4.52. The van der Waals surface area contributed by atoms with Gasteiger partial charge in [0.15, 0.2) is 0 Å². The topological polar surface area (TPSA) is 17.3 Å². The van der Waals surface area contributed by atoms with Gasteiger partial charge in [-0.25, -0.2) is 0 Å². The summed E-state index contributed by atoms with van der Waals surface area (Å²) in [5, 5.41) is 5.28.